The van der Waals surface area contributed by atoms with E-state index in [2.05, 4.69) is 5.32 Å². The van der Waals surface area contributed by atoms with Crippen LogP contribution in [-0.2, 0) is 9.53 Å². The van der Waals surface area contributed by atoms with Gasteiger partial charge in [0.05, 0.1) is 6.61 Å². The van der Waals surface area contributed by atoms with Crippen molar-refractivity contribution >= 4 is 5.97 Å². The molecule has 0 radical (unpaired) electrons. The number of rotatable bonds is 3. The normalized spacial score (nSPS) is 25.2. The summed E-state index contributed by atoms with van der Waals surface area (Å²) >= 11 is 0. The number of piperidine rings is 1. The lowest BCUT2D eigenvalue weighted by Crippen LogP contribution is -2.41. The Morgan fingerprint density at radius 2 is 2.54 bits per heavy atom. The van der Waals surface area contributed by atoms with Gasteiger partial charge in [-0.2, -0.15) is 0 Å². The Kier molecular flexibility index (Phi) is 4.18. The summed E-state index contributed by atoms with van der Waals surface area (Å²) in [6, 6.07) is 0. The molecule has 0 unspecified atom stereocenters. The van der Waals surface area contributed by atoms with Crippen molar-refractivity contribution in [1.82, 2.24) is 5.32 Å². The summed E-state index contributed by atoms with van der Waals surface area (Å²) in [4.78, 5) is 11.1. The molecule has 13 heavy (non-hydrogen) atoms. The molecular weight excluding hydrogens is 170 g/mol. The molecule has 0 aromatic heterocycles. The van der Waals surface area contributed by atoms with Crippen LogP contribution in [0.4, 0.5) is 0 Å². The quantitative estimate of drug-likeness (QED) is 0.606. The number of aliphatic hydroxyl groups is 1. The Bertz CT molecular complexity index is 166. The van der Waals surface area contributed by atoms with Crippen LogP contribution in [0.3, 0.4) is 0 Å². The molecule has 1 aliphatic heterocycles. The monoisotopic (exact) mass is 187 g/mol. The topological polar surface area (TPSA) is 58.6 Å². The molecule has 2 N–H and O–H groups in total. The van der Waals surface area contributed by atoms with Crippen molar-refractivity contribution in [2.24, 2.45) is 5.92 Å². The Balaban J connectivity index is 2.35. The third kappa shape index (κ3) is 2.97. The van der Waals surface area contributed by atoms with Gasteiger partial charge in [-0.1, -0.05) is 0 Å². The lowest BCUT2D eigenvalue weighted by Gasteiger charge is -2.25. The maximum atomic E-state index is 11.1. The van der Waals surface area contributed by atoms with Gasteiger partial charge < -0.3 is 15.2 Å². The van der Waals surface area contributed by atoms with Crippen LogP contribution in [0.5, 0.6) is 0 Å². The number of esters is 1. The Morgan fingerprint density at radius 1 is 1.77 bits per heavy atom. The van der Waals surface area contributed by atoms with Gasteiger partial charge >= 0.3 is 5.97 Å². The predicted octanol–water partition coefficient (Wildman–Crippen LogP) is -0.0900. The van der Waals surface area contributed by atoms with Crippen molar-refractivity contribution in [3.63, 3.8) is 0 Å². The molecule has 4 nitrogen and oxygen atoms in total. The van der Waals surface area contributed by atoms with Crippen LogP contribution in [0.2, 0.25) is 0 Å². The molecule has 0 aliphatic carbocycles. The Labute approximate surface area is 78.3 Å². The SMILES string of the molecule is CCOC(=O)[C@H](O)[C@@H]1CCCNC1. The smallest absolute Gasteiger partial charge is 0.335 e. The summed E-state index contributed by atoms with van der Waals surface area (Å²) in [6.07, 6.45) is 0.960. The molecule has 1 heterocycles. The van der Waals surface area contributed by atoms with Crippen molar-refractivity contribution in [3.8, 4) is 0 Å². The number of aliphatic hydroxyl groups excluding tert-OH is 1. The fourth-order valence-electron chi connectivity index (χ4n) is 1.57. The standard InChI is InChI=1S/C9H17NO3/c1-2-13-9(12)8(11)7-4-3-5-10-6-7/h7-8,10-11H,2-6H2,1H3/t7-,8-/m1/s1. The van der Waals surface area contributed by atoms with Crippen molar-refractivity contribution < 1.29 is 14.6 Å². The second kappa shape index (κ2) is 5.19. The molecule has 0 bridgehead atoms. The molecule has 1 fully saturated rings. The molecule has 1 rings (SSSR count). The fourth-order valence-corrected chi connectivity index (χ4v) is 1.57. The van der Waals surface area contributed by atoms with Crippen LogP contribution in [0, 0.1) is 5.92 Å². The molecule has 76 valence electrons. The Hall–Kier alpha value is -0.610. The minimum Gasteiger partial charge on any atom is -0.464 e. The summed E-state index contributed by atoms with van der Waals surface area (Å²) in [6.45, 7) is 3.76. The van der Waals surface area contributed by atoms with Gasteiger partial charge in [-0.05, 0) is 26.3 Å². The van der Waals surface area contributed by atoms with E-state index < -0.39 is 12.1 Å². The van der Waals surface area contributed by atoms with E-state index in [-0.39, 0.29) is 5.92 Å². The second-order valence-corrected chi connectivity index (χ2v) is 3.30. The molecular formula is C9H17NO3. The van der Waals surface area contributed by atoms with E-state index in [1.165, 1.54) is 0 Å². The fraction of sp³-hybridized carbons (Fsp3) is 0.889. The van der Waals surface area contributed by atoms with Crippen molar-refractivity contribution in [2.45, 2.75) is 25.9 Å². The van der Waals surface area contributed by atoms with Crippen LogP contribution >= 0.6 is 0 Å². The largest absolute Gasteiger partial charge is 0.464 e. The molecule has 2 atom stereocenters. The van der Waals surface area contributed by atoms with Gasteiger partial charge in [0.1, 0.15) is 0 Å². The first-order chi connectivity index (χ1) is 6.25. The number of nitrogens with one attached hydrogen (secondary N) is 1. The van der Waals surface area contributed by atoms with Crippen molar-refractivity contribution in [2.75, 3.05) is 19.7 Å². The van der Waals surface area contributed by atoms with Crippen LogP contribution in [0.1, 0.15) is 19.8 Å². The van der Waals surface area contributed by atoms with Gasteiger partial charge in [-0.15, -0.1) is 0 Å². The Morgan fingerprint density at radius 3 is 3.08 bits per heavy atom. The maximum absolute atomic E-state index is 11.1. The first-order valence-electron chi connectivity index (χ1n) is 4.81. The first kappa shape index (κ1) is 10.5. The van der Waals surface area contributed by atoms with Crippen molar-refractivity contribution in [3.05, 3.63) is 0 Å². The summed E-state index contributed by atoms with van der Waals surface area (Å²) in [5.74, 6) is -0.469. The third-order valence-electron chi connectivity index (χ3n) is 2.31. The molecule has 0 spiro atoms. The molecule has 4 heteroatoms. The molecule has 0 saturated carbocycles. The minimum absolute atomic E-state index is 0.0211. The van der Waals surface area contributed by atoms with E-state index in [0.29, 0.717) is 13.2 Å². The summed E-state index contributed by atoms with van der Waals surface area (Å²) in [7, 11) is 0. The van der Waals surface area contributed by atoms with E-state index in [1.54, 1.807) is 6.92 Å². The third-order valence-corrected chi connectivity index (χ3v) is 2.31. The lowest BCUT2D eigenvalue weighted by atomic mass is 9.94. The van der Waals surface area contributed by atoms with Crippen LogP contribution < -0.4 is 5.32 Å². The number of hydrogen-bond donors (Lipinski definition) is 2. The van der Waals surface area contributed by atoms with Crippen LogP contribution in [0.15, 0.2) is 0 Å². The minimum atomic E-state index is -0.951. The summed E-state index contributed by atoms with van der Waals surface area (Å²) in [5, 5.41) is 12.7. The highest BCUT2D eigenvalue weighted by Crippen LogP contribution is 2.15. The van der Waals surface area contributed by atoms with Gasteiger partial charge in [-0.25, -0.2) is 4.79 Å². The van der Waals surface area contributed by atoms with E-state index in [0.717, 1.165) is 19.4 Å². The van der Waals surface area contributed by atoms with Gasteiger partial charge in [0, 0.05) is 12.5 Å². The zero-order valence-corrected chi connectivity index (χ0v) is 7.95. The highest BCUT2D eigenvalue weighted by molar-refractivity contribution is 5.74. The number of carbonyl (C=O) groups is 1. The zero-order valence-electron chi connectivity index (χ0n) is 7.95. The van der Waals surface area contributed by atoms with E-state index >= 15 is 0 Å². The van der Waals surface area contributed by atoms with Gasteiger partial charge in [0.15, 0.2) is 6.10 Å². The summed E-state index contributed by atoms with van der Waals surface area (Å²) < 4.78 is 4.74. The lowest BCUT2D eigenvalue weighted by molar-refractivity contribution is -0.156. The molecule has 1 aliphatic rings. The van der Waals surface area contributed by atoms with Gasteiger partial charge in [-0.3, -0.25) is 0 Å². The van der Waals surface area contributed by atoms with E-state index in [9.17, 15) is 9.90 Å². The molecule has 0 aromatic rings. The number of hydrogen-bond acceptors (Lipinski definition) is 4. The zero-order chi connectivity index (χ0) is 9.68. The van der Waals surface area contributed by atoms with E-state index in [4.69, 9.17) is 4.74 Å². The van der Waals surface area contributed by atoms with Crippen LogP contribution in [0.25, 0.3) is 0 Å². The molecule has 0 amide bonds. The molecule has 1 saturated heterocycles. The predicted molar refractivity (Wildman–Crippen MR) is 48.2 cm³/mol. The van der Waals surface area contributed by atoms with Gasteiger partial charge in [0.2, 0.25) is 0 Å². The van der Waals surface area contributed by atoms with Gasteiger partial charge in [0.25, 0.3) is 0 Å². The summed E-state index contributed by atoms with van der Waals surface area (Å²) in [5.41, 5.74) is 0. The van der Waals surface area contributed by atoms with Crippen LogP contribution in [-0.4, -0.2) is 36.9 Å². The number of ether oxygens (including phenoxy) is 1. The second-order valence-electron chi connectivity index (χ2n) is 3.30. The molecule has 0 aromatic carbocycles. The first-order valence-corrected chi connectivity index (χ1v) is 4.81. The highest BCUT2D eigenvalue weighted by Gasteiger charge is 2.28. The average Bonchev–Trinajstić information content (AvgIpc) is 2.18. The highest BCUT2D eigenvalue weighted by atomic mass is 16.5. The maximum Gasteiger partial charge on any atom is 0.335 e. The van der Waals surface area contributed by atoms with Crippen molar-refractivity contribution in [1.29, 1.82) is 0 Å². The van der Waals surface area contributed by atoms with E-state index in [1.807, 2.05) is 0 Å². The number of carbonyl (C=O) groups excluding carboxylic acids is 1. The average molecular weight is 187 g/mol.